The van der Waals surface area contributed by atoms with Crippen LogP contribution in [0.3, 0.4) is 0 Å². The number of ether oxygens (including phenoxy) is 4. The molecule has 0 saturated carbocycles. The average Bonchev–Trinajstić information content (AvgIpc) is 3.37. The van der Waals surface area contributed by atoms with Crippen LogP contribution < -0.4 is 0 Å². The highest BCUT2D eigenvalue weighted by Crippen LogP contribution is 2.26. The molecule has 6 atom stereocenters. The molecule has 1 fully saturated rings. The Morgan fingerprint density at radius 2 is 0.945 bits per heavy atom. The van der Waals surface area contributed by atoms with Crippen LogP contribution in [-0.2, 0) is 38.3 Å². The van der Waals surface area contributed by atoms with Crippen molar-refractivity contribution in [2.45, 2.75) is 301 Å². The van der Waals surface area contributed by atoms with Crippen molar-refractivity contribution < 1.29 is 56.2 Å². The number of aliphatic hydroxyl groups excluding tert-OH is 3. The highest BCUT2D eigenvalue weighted by molar-refractivity contribution is 7.80. The third-order valence-corrected chi connectivity index (χ3v) is 14.2. The van der Waals surface area contributed by atoms with Crippen molar-refractivity contribution in [1.82, 2.24) is 0 Å². The quantitative estimate of drug-likeness (QED) is 0.0196. The summed E-state index contributed by atoms with van der Waals surface area (Å²) in [6.07, 6.45) is 55.8. The largest absolute Gasteiger partial charge is 0.457 e. The SMILES string of the molecule is CC/C=C\C/C=C\C/C=C\C/C=C\CCCCCCCCCCCCCCCOCC(COC1OC(CO)C(O)C(OS(=O)(=O)O)C1O)OC(=O)CCCCCCCCCCCCCCCCCCCCCC. The van der Waals surface area contributed by atoms with E-state index in [0.29, 0.717) is 13.0 Å². The zero-order valence-corrected chi connectivity index (χ0v) is 47.3. The summed E-state index contributed by atoms with van der Waals surface area (Å²) in [4.78, 5) is 13.0. The fraction of sp³-hybridized carbons (Fsp3) is 0.850. The van der Waals surface area contributed by atoms with Gasteiger partial charge in [0.1, 0.15) is 30.5 Å². The summed E-state index contributed by atoms with van der Waals surface area (Å²) in [5.74, 6) is -0.394. The Bertz CT molecular complexity index is 1450. The molecule has 0 amide bonds. The van der Waals surface area contributed by atoms with E-state index in [2.05, 4.69) is 66.6 Å². The van der Waals surface area contributed by atoms with E-state index < -0.39 is 59.8 Å². The van der Waals surface area contributed by atoms with E-state index in [4.69, 9.17) is 18.9 Å². The van der Waals surface area contributed by atoms with E-state index in [-0.39, 0.29) is 19.6 Å². The maximum atomic E-state index is 13.0. The number of hydrogen-bond acceptors (Lipinski definition) is 11. The molecule has 1 aliphatic rings. The Morgan fingerprint density at radius 1 is 0.534 bits per heavy atom. The van der Waals surface area contributed by atoms with Gasteiger partial charge in [0.2, 0.25) is 0 Å². The Labute approximate surface area is 446 Å². The summed E-state index contributed by atoms with van der Waals surface area (Å²) in [6.45, 7) is 3.93. The molecule has 0 aromatic heterocycles. The number of rotatable bonds is 53. The zero-order chi connectivity index (χ0) is 53.1. The molecule has 1 heterocycles. The first-order chi connectivity index (χ1) is 35.6. The van der Waals surface area contributed by atoms with Crippen molar-refractivity contribution in [2.24, 2.45) is 0 Å². The van der Waals surface area contributed by atoms with Crippen LogP contribution in [0, 0.1) is 0 Å². The second kappa shape index (κ2) is 50.9. The van der Waals surface area contributed by atoms with E-state index in [1.807, 2.05) is 0 Å². The van der Waals surface area contributed by atoms with E-state index in [0.717, 1.165) is 64.2 Å². The average molecular weight is 1060 g/mol. The van der Waals surface area contributed by atoms with Crippen molar-refractivity contribution in [3.63, 3.8) is 0 Å². The van der Waals surface area contributed by atoms with Gasteiger partial charge >= 0.3 is 16.4 Å². The summed E-state index contributed by atoms with van der Waals surface area (Å²) in [6, 6.07) is 0. The van der Waals surface area contributed by atoms with Gasteiger partial charge in [-0.1, -0.05) is 255 Å². The van der Waals surface area contributed by atoms with E-state index in [9.17, 15) is 33.1 Å². The lowest BCUT2D eigenvalue weighted by molar-refractivity contribution is -0.301. The normalized spacial score (nSPS) is 19.1. The highest BCUT2D eigenvalue weighted by atomic mass is 32.3. The number of hydrogen-bond donors (Lipinski definition) is 4. The monoisotopic (exact) mass is 1050 g/mol. The fourth-order valence-electron chi connectivity index (χ4n) is 9.26. The summed E-state index contributed by atoms with van der Waals surface area (Å²) >= 11 is 0. The number of allylic oxidation sites excluding steroid dienone is 8. The molecular weight excluding hydrogens is 945 g/mol. The molecule has 13 heteroatoms. The van der Waals surface area contributed by atoms with Crippen LogP contribution >= 0.6 is 0 Å². The number of esters is 1. The van der Waals surface area contributed by atoms with Crippen molar-refractivity contribution in [2.75, 3.05) is 26.4 Å². The topological polar surface area (TPSA) is 178 Å². The Hall–Kier alpha value is -1.94. The smallest absolute Gasteiger partial charge is 0.397 e. The first-order valence-corrected chi connectivity index (χ1v) is 31.3. The second-order valence-electron chi connectivity index (χ2n) is 20.6. The Kier molecular flexibility index (Phi) is 48.1. The first-order valence-electron chi connectivity index (χ1n) is 29.9. The molecule has 73 heavy (non-hydrogen) atoms. The lowest BCUT2D eigenvalue weighted by Crippen LogP contribution is -2.60. The standard InChI is InChI=1S/C60H110O12S/c1-3-5-7-9-11-13-15-17-19-21-23-25-26-27-28-29-30-32-34-36-38-40-42-44-46-48-50-68-52-54(53-69-60-58(64)59(72-73(65,66)67)57(63)55(51-61)71-60)70-56(62)49-47-45-43-41-39-37-35-33-31-24-22-20-18-16-14-12-10-8-6-4-2/h5,7,11,13,17,19,23,25,54-55,57-61,63-64H,3-4,6,8-10,12,14-16,18,20-22,24,26-53H2,1-2H3,(H,65,66,67)/b7-5-,13-11-,19-17-,25-23-. The molecule has 1 aliphatic heterocycles. The Morgan fingerprint density at radius 3 is 1.38 bits per heavy atom. The minimum Gasteiger partial charge on any atom is -0.457 e. The van der Waals surface area contributed by atoms with Crippen molar-refractivity contribution in [3.8, 4) is 0 Å². The molecule has 4 N–H and O–H groups in total. The molecule has 0 aromatic rings. The van der Waals surface area contributed by atoms with E-state index in [1.54, 1.807) is 0 Å². The van der Waals surface area contributed by atoms with Crippen LogP contribution in [0.15, 0.2) is 48.6 Å². The van der Waals surface area contributed by atoms with Crippen LogP contribution in [0.1, 0.15) is 264 Å². The summed E-state index contributed by atoms with van der Waals surface area (Å²) < 4.78 is 59.5. The number of carbonyl (C=O) groups excluding carboxylic acids is 1. The molecule has 12 nitrogen and oxygen atoms in total. The van der Waals surface area contributed by atoms with Gasteiger partial charge in [-0.2, -0.15) is 8.42 Å². The summed E-state index contributed by atoms with van der Waals surface area (Å²) in [5, 5.41) is 30.9. The molecule has 6 unspecified atom stereocenters. The van der Waals surface area contributed by atoms with Crippen LogP contribution in [0.5, 0.6) is 0 Å². The maximum Gasteiger partial charge on any atom is 0.397 e. The van der Waals surface area contributed by atoms with Gasteiger partial charge in [0.25, 0.3) is 0 Å². The number of aliphatic hydroxyl groups is 3. The van der Waals surface area contributed by atoms with Crippen molar-refractivity contribution in [3.05, 3.63) is 48.6 Å². The van der Waals surface area contributed by atoms with Crippen LogP contribution in [0.2, 0.25) is 0 Å². The summed E-state index contributed by atoms with van der Waals surface area (Å²) in [5.41, 5.74) is 0. The maximum absolute atomic E-state index is 13.0. The molecule has 428 valence electrons. The fourth-order valence-corrected chi connectivity index (χ4v) is 9.76. The number of unbranched alkanes of at least 4 members (excludes halogenated alkanes) is 32. The highest BCUT2D eigenvalue weighted by Gasteiger charge is 2.48. The minimum absolute atomic E-state index is 0.0378. The van der Waals surface area contributed by atoms with E-state index in [1.165, 1.54) is 173 Å². The Balaban J connectivity index is 2.26. The van der Waals surface area contributed by atoms with Gasteiger partial charge in [0, 0.05) is 13.0 Å². The third kappa shape index (κ3) is 43.8. The first kappa shape index (κ1) is 69.1. The van der Waals surface area contributed by atoms with Crippen LogP contribution in [0.25, 0.3) is 0 Å². The zero-order valence-electron chi connectivity index (χ0n) is 46.5. The molecular formula is C60H110O12S. The molecule has 0 aliphatic carbocycles. The molecule has 0 radical (unpaired) electrons. The predicted octanol–water partition coefficient (Wildman–Crippen LogP) is 15.0. The molecule has 0 spiro atoms. The second-order valence-corrected chi connectivity index (χ2v) is 21.6. The van der Waals surface area contributed by atoms with Crippen LogP contribution in [-0.4, -0.2) is 97.5 Å². The van der Waals surface area contributed by atoms with Gasteiger partial charge in [-0.3, -0.25) is 9.35 Å². The van der Waals surface area contributed by atoms with Gasteiger partial charge in [-0.15, -0.1) is 0 Å². The van der Waals surface area contributed by atoms with Gasteiger partial charge < -0.3 is 34.3 Å². The predicted molar refractivity (Wildman–Crippen MR) is 299 cm³/mol. The third-order valence-electron chi connectivity index (χ3n) is 13.7. The minimum atomic E-state index is -5.07. The van der Waals surface area contributed by atoms with Crippen molar-refractivity contribution in [1.29, 1.82) is 0 Å². The molecule has 0 aromatic carbocycles. The molecule has 1 rings (SSSR count). The lowest BCUT2D eigenvalue weighted by atomic mass is 9.99. The molecule has 1 saturated heterocycles. The number of carbonyl (C=O) groups is 1. The van der Waals surface area contributed by atoms with E-state index >= 15 is 0 Å². The van der Waals surface area contributed by atoms with Gasteiger partial charge in [0.15, 0.2) is 6.29 Å². The van der Waals surface area contributed by atoms with Gasteiger partial charge in [-0.25, -0.2) is 4.18 Å². The van der Waals surface area contributed by atoms with Crippen LogP contribution in [0.4, 0.5) is 0 Å². The van der Waals surface area contributed by atoms with Crippen molar-refractivity contribution >= 4 is 16.4 Å². The van der Waals surface area contributed by atoms with Gasteiger partial charge in [0.05, 0.1) is 19.8 Å². The summed E-state index contributed by atoms with van der Waals surface area (Å²) in [7, 11) is -5.07. The lowest BCUT2D eigenvalue weighted by Gasteiger charge is -2.41. The van der Waals surface area contributed by atoms with Gasteiger partial charge in [-0.05, 0) is 51.4 Å². The molecule has 0 bridgehead atoms.